The summed E-state index contributed by atoms with van der Waals surface area (Å²) < 4.78 is 10.2. The van der Waals surface area contributed by atoms with Crippen LogP contribution in [0.4, 0.5) is 5.69 Å². The Morgan fingerprint density at radius 3 is 2.19 bits per heavy atom. The number of esters is 1. The molecule has 0 fully saturated rings. The number of benzene rings is 2. The zero-order chi connectivity index (χ0) is 22.4. The summed E-state index contributed by atoms with van der Waals surface area (Å²) in [6.07, 6.45) is 1.39. The summed E-state index contributed by atoms with van der Waals surface area (Å²) in [5.41, 5.74) is 5.70. The second kappa shape index (κ2) is 9.53. The van der Waals surface area contributed by atoms with Crippen LogP contribution in [0.2, 0.25) is 0 Å². The van der Waals surface area contributed by atoms with Crippen molar-refractivity contribution in [2.75, 3.05) is 5.32 Å². The molecule has 2 amide bonds. The van der Waals surface area contributed by atoms with Crippen molar-refractivity contribution in [3.05, 3.63) is 83.3 Å². The van der Waals surface area contributed by atoms with E-state index in [4.69, 9.17) is 9.15 Å². The first-order chi connectivity index (χ1) is 14.8. The van der Waals surface area contributed by atoms with E-state index in [1.807, 2.05) is 32.0 Å². The van der Waals surface area contributed by atoms with Crippen molar-refractivity contribution >= 4 is 29.2 Å². The number of hydrogen-bond acceptors (Lipinski definition) is 6. The number of carbonyl (C=O) groups excluding carboxylic acids is 3. The number of carbonyl (C=O) groups is 3. The van der Waals surface area contributed by atoms with Gasteiger partial charge in [0.15, 0.2) is 0 Å². The third kappa shape index (κ3) is 5.45. The average Bonchev–Trinajstić information content (AvgIpc) is 3.30. The molecule has 0 aliphatic heterocycles. The molecule has 0 atom stereocenters. The highest BCUT2D eigenvalue weighted by molar-refractivity contribution is 6.39. The lowest BCUT2D eigenvalue weighted by molar-refractivity contribution is -0.136. The fraction of sp³-hybridized carbons (Fsp3) is 0.130. The van der Waals surface area contributed by atoms with Crippen LogP contribution < -0.4 is 15.5 Å². The standard InChI is InChI=1S/C23H21N3O5/c1-14-6-4-7-15(2)20(14)24-21(27)22(28)26-25-16(3)17-9-11-18(12-10-17)31-23(29)19-8-5-13-30-19/h4-13H,1-3H3,(H,24,27)(H,26,28)/b25-16+. The molecule has 158 valence electrons. The number of amides is 2. The normalized spacial score (nSPS) is 11.0. The zero-order valence-electron chi connectivity index (χ0n) is 17.3. The highest BCUT2D eigenvalue weighted by Crippen LogP contribution is 2.19. The van der Waals surface area contributed by atoms with Gasteiger partial charge in [-0.2, -0.15) is 5.10 Å². The van der Waals surface area contributed by atoms with Crippen molar-refractivity contribution in [3.8, 4) is 5.75 Å². The molecule has 2 N–H and O–H groups in total. The Hall–Kier alpha value is -4.20. The molecule has 1 aromatic heterocycles. The van der Waals surface area contributed by atoms with Crippen LogP contribution in [0, 0.1) is 13.8 Å². The summed E-state index contributed by atoms with van der Waals surface area (Å²) in [6.45, 7) is 5.37. The van der Waals surface area contributed by atoms with E-state index in [2.05, 4.69) is 15.8 Å². The van der Waals surface area contributed by atoms with Gasteiger partial charge >= 0.3 is 17.8 Å². The topological polar surface area (TPSA) is 110 Å². The maximum atomic E-state index is 12.2. The number of aryl methyl sites for hydroxylation is 2. The monoisotopic (exact) mass is 419 g/mol. The number of furan rings is 1. The molecule has 0 bridgehead atoms. The molecule has 8 nitrogen and oxygen atoms in total. The molecule has 0 saturated heterocycles. The fourth-order valence-electron chi connectivity index (χ4n) is 2.75. The number of hydrazone groups is 1. The molecule has 0 aliphatic carbocycles. The van der Waals surface area contributed by atoms with E-state index in [-0.39, 0.29) is 5.76 Å². The van der Waals surface area contributed by atoms with Gasteiger partial charge in [-0.1, -0.05) is 18.2 Å². The Bertz CT molecular complexity index is 1110. The van der Waals surface area contributed by atoms with Crippen LogP contribution in [0.25, 0.3) is 0 Å². The van der Waals surface area contributed by atoms with E-state index in [1.165, 1.54) is 12.3 Å². The van der Waals surface area contributed by atoms with Crippen LogP contribution in [-0.4, -0.2) is 23.5 Å². The fourth-order valence-corrected chi connectivity index (χ4v) is 2.75. The van der Waals surface area contributed by atoms with E-state index < -0.39 is 17.8 Å². The van der Waals surface area contributed by atoms with Crippen LogP contribution in [-0.2, 0) is 9.59 Å². The summed E-state index contributed by atoms with van der Waals surface area (Å²) in [4.78, 5) is 36.1. The van der Waals surface area contributed by atoms with E-state index >= 15 is 0 Å². The molecule has 2 aromatic carbocycles. The molecule has 0 spiro atoms. The molecule has 3 aromatic rings. The number of anilines is 1. The number of para-hydroxylation sites is 1. The molecular formula is C23H21N3O5. The van der Waals surface area contributed by atoms with Gasteiger partial charge in [-0.25, -0.2) is 10.2 Å². The lowest BCUT2D eigenvalue weighted by Crippen LogP contribution is -2.33. The van der Waals surface area contributed by atoms with Gasteiger partial charge in [-0.3, -0.25) is 9.59 Å². The van der Waals surface area contributed by atoms with Crippen LogP contribution >= 0.6 is 0 Å². The van der Waals surface area contributed by atoms with Gasteiger partial charge < -0.3 is 14.5 Å². The van der Waals surface area contributed by atoms with Gasteiger partial charge in [0, 0.05) is 5.69 Å². The molecule has 0 saturated carbocycles. The molecule has 31 heavy (non-hydrogen) atoms. The third-order valence-corrected chi connectivity index (χ3v) is 4.46. The Morgan fingerprint density at radius 1 is 0.903 bits per heavy atom. The number of nitrogens with one attached hydrogen (secondary N) is 2. The molecule has 3 rings (SSSR count). The van der Waals surface area contributed by atoms with Gasteiger partial charge in [-0.15, -0.1) is 0 Å². The van der Waals surface area contributed by atoms with Gasteiger partial charge in [0.1, 0.15) is 5.75 Å². The first-order valence-electron chi connectivity index (χ1n) is 9.43. The van der Waals surface area contributed by atoms with Crippen LogP contribution in [0.15, 0.2) is 70.4 Å². The second-order valence-corrected chi connectivity index (χ2v) is 6.75. The maximum Gasteiger partial charge on any atom is 0.379 e. The van der Waals surface area contributed by atoms with Gasteiger partial charge in [0.25, 0.3) is 0 Å². The zero-order valence-corrected chi connectivity index (χ0v) is 17.3. The highest BCUT2D eigenvalue weighted by atomic mass is 16.5. The Labute approximate surface area is 178 Å². The SMILES string of the molecule is C/C(=N\NC(=O)C(=O)Nc1c(C)cccc1C)c1ccc(OC(=O)c2ccco2)cc1. The first-order valence-corrected chi connectivity index (χ1v) is 9.43. The predicted octanol–water partition coefficient (Wildman–Crippen LogP) is 3.59. The minimum absolute atomic E-state index is 0.101. The quantitative estimate of drug-likeness (QED) is 0.216. The van der Waals surface area contributed by atoms with E-state index in [0.29, 0.717) is 22.7 Å². The molecule has 1 heterocycles. The average molecular weight is 419 g/mol. The van der Waals surface area contributed by atoms with Crippen molar-refractivity contribution in [3.63, 3.8) is 0 Å². The number of ether oxygens (including phenoxy) is 1. The molecular weight excluding hydrogens is 398 g/mol. The second-order valence-electron chi connectivity index (χ2n) is 6.75. The van der Waals surface area contributed by atoms with Crippen molar-refractivity contribution < 1.29 is 23.5 Å². The first kappa shape index (κ1) is 21.5. The lowest BCUT2D eigenvalue weighted by atomic mass is 10.1. The Kier molecular flexibility index (Phi) is 6.61. The Balaban J connectivity index is 1.58. The van der Waals surface area contributed by atoms with Crippen LogP contribution in [0.5, 0.6) is 5.75 Å². The molecule has 0 aliphatic rings. The number of rotatable bonds is 5. The lowest BCUT2D eigenvalue weighted by Gasteiger charge is -2.10. The smallest absolute Gasteiger partial charge is 0.379 e. The van der Waals surface area contributed by atoms with Gasteiger partial charge in [-0.05, 0) is 73.9 Å². The minimum Gasteiger partial charge on any atom is -0.457 e. The highest BCUT2D eigenvalue weighted by Gasteiger charge is 2.16. The van der Waals surface area contributed by atoms with Gasteiger partial charge in [0.2, 0.25) is 5.76 Å². The summed E-state index contributed by atoms with van der Waals surface area (Å²) in [5, 5.41) is 6.57. The van der Waals surface area contributed by atoms with Gasteiger partial charge in [0.05, 0.1) is 12.0 Å². The largest absolute Gasteiger partial charge is 0.457 e. The number of nitrogens with zero attached hydrogens (tertiary/aromatic N) is 1. The summed E-state index contributed by atoms with van der Waals surface area (Å²) in [5.74, 6) is -1.87. The third-order valence-electron chi connectivity index (χ3n) is 4.46. The Morgan fingerprint density at radius 2 is 1.58 bits per heavy atom. The van der Waals surface area contributed by atoms with Crippen molar-refractivity contribution in [1.29, 1.82) is 0 Å². The number of hydrogen-bond donors (Lipinski definition) is 2. The molecule has 8 heteroatoms. The van der Waals surface area contributed by atoms with Crippen LogP contribution in [0.1, 0.15) is 34.2 Å². The van der Waals surface area contributed by atoms with Crippen LogP contribution in [0.3, 0.4) is 0 Å². The summed E-state index contributed by atoms with van der Waals surface area (Å²) in [6, 6.07) is 15.2. The predicted molar refractivity (Wildman–Crippen MR) is 115 cm³/mol. The van der Waals surface area contributed by atoms with E-state index in [1.54, 1.807) is 37.3 Å². The van der Waals surface area contributed by atoms with Crippen molar-refractivity contribution in [2.24, 2.45) is 5.10 Å². The van der Waals surface area contributed by atoms with Crippen molar-refractivity contribution in [1.82, 2.24) is 5.43 Å². The summed E-state index contributed by atoms with van der Waals surface area (Å²) in [7, 11) is 0. The van der Waals surface area contributed by atoms with Crippen molar-refractivity contribution in [2.45, 2.75) is 20.8 Å². The minimum atomic E-state index is -0.883. The van der Waals surface area contributed by atoms with E-state index in [9.17, 15) is 14.4 Å². The molecule has 0 radical (unpaired) electrons. The molecule has 0 unspecified atom stereocenters. The van der Waals surface area contributed by atoms with E-state index in [0.717, 1.165) is 11.1 Å². The maximum absolute atomic E-state index is 12.2. The summed E-state index contributed by atoms with van der Waals surface area (Å²) >= 11 is 0.